The van der Waals surface area contributed by atoms with Crippen molar-refractivity contribution in [2.45, 2.75) is 39.0 Å². The molecule has 0 aliphatic carbocycles. The minimum atomic E-state index is -0.346. The van der Waals surface area contributed by atoms with Crippen LogP contribution in [0.3, 0.4) is 0 Å². The van der Waals surface area contributed by atoms with Crippen LogP contribution >= 0.6 is 11.6 Å². The highest BCUT2D eigenvalue weighted by Crippen LogP contribution is 2.13. The molecule has 0 unspecified atom stereocenters. The Morgan fingerprint density at radius 2 is 1.71 bits per heavy atom. The number of nitrogens with zero attached hydrogens (tertiary/aromatic N) is 1. The van der Waals surface area contributed by atoms with E-state index in [1.54, 1.807) is 29.2 Å². The number of methoxy groups -OCH3 is 1. The summed E-state index contributed by atoms with van der Waals surface area (Å²) in [5.41, 5.74) is 0.543. The lowest BCUT2D eigenvalue weighted by Gasteiger charge is -2.22. The third-order valence-corrected chi connectivity index (χ3v) is 3.93. The standard InChI is InChI=1S/C18H24ClNO4/c1-3-4-12-20(13-11-18(23)24-2)17(22)10-9-16(21)14-5-7-15(19)8-6-14/h5-8H,3-4,9-13H2,1-2H3. The molecule has 0 aliphatic heterocycles. The van der Waals surface area contributed by atoms with E-state index in [1.807, 2.05) is 6.92 Å². The predicted octanol–water partition coefficient (Wildman–Crippen LogP) is 3.49. The van der Waals surface area contributed by atoms with Crippen molar-refractivity contribution in [2.24, 2.45) is 0 Å². The molecule has 0 radical (unpaired) electrons. The molecule has 0 aliphatic rings. The predicted molar refractivity (Wildman–Crippen MR) is 93.1 cm³/mol. The van der Waals surface area contributed by atoms with Crippen molar-refractivity contribution < 1.29 is 19.1 Å². The molecule has 24 heavy (non-hydrogen) atoms. The number of rotatable bonds is 10. The third-order valence-electron chi connectivity index (χ3n) is 3.68. The second kappa shape index (κ2) is 10.8. The number of ketones is 1. The Morgan fingerprint density at radius 3 is 2.29 bits per heavy atom. The van der Waals surface area contributed by atoms with E-state index in [2.05, 4.69) is 4.74 Å². The lowest BCUT2D eigenvalue weighted by molar-refractivity contribution is -0.141. The fraction of sp³-hybridized carbons (Fsp3) is 0.500. The summed E-state index contributed by atoms with van der Waals surface area (Å²) < 4.78 is 4.61. The zero-order valence-corrected chi connectivity index (χ0v) is 15.0. The van der Waals surface area contributed by atoms with Gasteiger partial charge in [-0.15, -0.1) is 0 Å². The number of benzene rings is 1. The van der Waals surface area contributed by atoms with Gasteiger partial charge >= 0.3 is 5.97 Å². The summed E-state index contributed by atoms with van der Waals surface area (Å²) in [5.74, 6) is -0.556. The highest BCUT2D eigenvalue weighted by Gasteiger charge is 2.16. The zero-order valence-electron chi connectivity index (χ0n) is 14.2. The van der Waals surface area contributed by atoms with Gasteiger partial charge in [0.15, 0.2) is 5.78 Å². The molecule has 0 spiro atoms. The molecule has 132 valence electrons. The number of amides is 1. The van der Waals surface area contributed by atoms with Crippen LogP contribution in [0.2, 0.25) is 5.02 Å². The van der Waals surface area contributed by atoms with Crippen molar-refractivity contribution in [3.8, 4) is 0 Å². The first-order valence-corrected chi connectivity index (χ1v) is 8.49. The molecule has 0 bridgehead atoms. The quantitative estimate of drug-likeness (QED) is 0.477. The molecule has 0 aromatic heterocycles. The van der Waals surface area contributed by atoms with Crippen LogP contribution in [0.15, 0.2) is 24.3 Å². The van der Waals surface area contributed by atoms with Crippen LogP contribution in [0.1, 0.15) is 49.4 Å². The second-order valence-corrected chi connectivity index (χ2v) is 5.93. The monoisotopic (exact) mass is 353 g/mol. The van der Waals surface area contributed by atoms with E-state index in [0.29, 0.717) is 23.7 Å². The Bertz CT molecular complexity index is 557. The van der Waals surface area contributed by atoms with Gasteiger partial charge in [-0.3, -0.25) is 14.4 Å². The van der Waals surface area contributed by atoms with Gasteiger partial charge in [0.25, 0.3) is 0 Å². The maximum atomic E-state index is 12.3. The number of unbranched alkanes of at least 4 members (excludes halogenated alkanes) is 1. The van der Waals surface area contributed by atoms with Gasteiger partial charge in [0, 0.05) is 36.5 Å². The van der Waals surface area contributed by atoms with E-state index in [-0.39, 0.29) is 36.9 Å². The Kier molecular flexibility index (Phi) is 9.08. The maximum Gasteiger partial charge on any atom is 0.307 e. The molecule has 0 heterocycles. The van der Waals surface area contributed by atoms with Gasteiger partial charge in [-0.05, 0) is 30.7 Å². The molecule has 0 saturated carbocycles. The van der Waals surface area contributed by atoms with E-state index in [1.165, 1.54) is 7.11 Å². The number of esters is 1. The van der Waals surface area contributed by atoms with Gasteiger partial charge in [0.05, 0.1) is 13.5 Å². The fourth-order valence-corrected chi connectivity index (χ4v) is 2.32. The highest BCUT2D eigenvalue weighted by molar-refractivity contribution is 6.30. The fourth-order valence-electron chi connectivity index (χ4n) is 2.20. The second-order valence-electron chi connectivity index (χ2n) is 5.49. The summed E-state index contributed by atoms with van der Waals surface area (Å²) in [6.07, 6.45) is 2.24. The van der Waals surface area contributed by atoms with Gasteiger partial charge < -0.3 is 9.64 Å². The SMILES string of the molecule is CCCCN(CCC(=O)OC)C(=O)CCC(=O)c1ccc(Cl)cc1. The van der Waals surface area contributed by atoms with Crippen LogP contribution in [0.4, 0.5) is 0 Å². The molecule has 1 rings (SSSR count). The third kappa shape index (κ3) is 7.13. The van der Waals surface area contributed by atoms with Crippen molar-refractivity contribution in [3.05, 3.63) is 34.9 Å². The van der Waals surface area contributed by atoms with Crippen LogP contribution in [-0.2, 0) is 14.3 Å². The normalized spacial score (nSPS) is 10.3. The van der Waals surface area contributed by atoms with Crippen molar-refractivity contribution >= 4 is 29.3 Å². The summed E-state index contributed by atoms with van der Waals surface area (Å²) in [6.45, 7) is 2.94. The zero-order chi connectivity index (χ0) is 17.9. The van der Waals surface area contributed by atoms with Gasteiger partial charge in [-0.1, -0.05) is 24.9 Å². The van der Waals surface area contributed by atoms with E-state index in [9.17, 15) is 14.4 Å². The number of carbonyl (C=O) groups is 3. The molecular formula is C18H24ClNO4. The van der Waals surface area contributed by atoms with Crippen LogP contribution in [-0.4, -0.2) is 42.8 Å². The average Bonchev–Trinajstić information content (AvgIpc) is 2.59. The Labute approximate surface area is 147 Å². The Morgan fingerprint density at radius 1 is 1.04 bits per heavy atom. The van der Waals surface area contributed by atoms with Gasteiger partial charge in [0.2, 0.25) is 5.91 Å². The molecule has 0 fully saturated rings. The molecule has 0 saturated heterocycles. The lowest BCUT2D eigenvalue weighted by atomic mass is 10.1. The molecule has 0 atom stereocenters. The molecule has 6 heteroatoms. The van der Waals surface area contributed by atoms with E-state index < -0.39 is 0 Å². The van der Waals surface area contributed by atoms with Gasteiger partial charge in [0.1, 0.15) is 0 Å². The minimum Gasteiger partial charge on any atom is -0.469 e. The van der Waals surface area contributed by atoms with E-state index >= 15 is 0 Å². The first kappa shape index (κ1) is 20.2. The lowest BCUT2D eigenvalue weighted by Crippen LogP contribution is -2.34. The summed E-state index contributed by atoms with van der Waals surface area (Å²) >= 11 is 5.80. The Hall–Kier alpha value is -1.88. The largest absolute Gasteiger partial charge is 0.469 e. The number of carbonyl (C=O) groups excluding carboxylic acids is 3. The van der Waals surface area contributed by atoms with Crippen molar-refractivity contribution in [2.75, 3.05) is 20.2 Å². The van der Waals surface area contributed by atoms with Crippen molar-refractivity contribution in [3.63, 3.8) is 0 Å². The molecule has 1 aromatic rings. The van der Waals surface area contributed by atoms with Crippen LogP contribution < -0.4 is 0 Å². The van der Waals surface area contributed by atoms with Crippen LogP contribution in [0, 0.1) is 0 Å². The number of halogens is 1. The smallest absolute Gasteiger partial charge is 0.307 e. The highest BCUT2D eigenvalue weighted by atomic mass is 35.5. The summed E-state index contributed by atoms with van der Waals surface area (Å²) in [4.78, 5) is 37.4. The number of hydrogen-bond donors (Lipinski definition) is 0. The molecule has 0 N–H and O–H groups in total. The maximum absolute atomic E-state index is 12.3. The number of hydrogen-bond acceptors (Lipinski definition) is 4. The molecule has 5 nitrogen and oxygen atoms in total. The summed E-state index contributed by atoms with van der Waals surface area (Å²) in [5, 5.41) is 0.566. The average molecular weight is 354 g/mol. The van der Waals surface area contributed by atoms with E-state index in [4.69, 9.17) is 11.6 Å². The van der Waals surface area contributed by atoms with E-state index in [0.717, 1.165) is 12.8 Å². The van der Waals surface area contributed by atoms with Crippen molar-refractivity contribution in [1.82, 2.24) is 4.90 Å². The number of ether oxygens (including phenoxy) is 1. The number of Topliss-reactive ketones (excluding diaryl/α,β-unsaturated/α-hetero) is 1. The summed E-state index contributed by atoms with van der Waals surface area (Å²) in [7, 11) is 1.32. The molecule has 1 amide bonds. The van der Waals surface area contributed by atoms with Crippen LogP contribution in [0.25, 0.3) is 0 Å². The van der Waals surface area contributed by atoms with Crippen molar-refractivity contribution in [1.29, 1.82) is 0 Å². The first-order chi connectivity index (χ1) is 11.5. The summed E-state index contributed by atoms with van der Waals surface area (Å²) in [6, 6.07) is 6.61. The Balaban J connectivity index is 2.54. The van der Waals surface area contributed by atoms with Crippen LogP contribution in [0.5, 0.6) is 0 Å². The van der Waals surface area contributed by atoms with Gasteiger partial charge in [-0.2, -0.15) is 0 Å². The first-order valence-electron chi connectivity index (χ1n) is 8.11. The topological polar surface area (TPSA) is 63.7 Å². The molecular weight excluding hydrogens is 330 g/mol. The van der Waals surface area contributed by atoms with Gasteiger partial charge in [-0.25, -0.2) is 0 Å². The molecule has 1 aromatic carbocycles. The minimum absolute atomic E-state index is 0.0940.